The highest BCUT2D eigenvalue weighted by Gasteiger charge is 2.34. The van der Waals surface area contributed by atoms with Gasteiger partial charge in [0.2, 0.25) is 5.88 Å². The molecule has 5 nitrogen and oxygen atoms in total. The van der Waals surface area contributed by atoms with E-state index >= 15 is 0 Å². The zero-order chi connectivity index (χ0) is 16.7. The second-order valence-corrected chi connectivity index (χ2v) is 6.80. The molecule has 0 spiro atoms. The summed E-state index contributed by atoms with van der Waals surface area (Å²) >= 11 is 0. The van der Waals surface area contributed by atoms with E-state index in [4.69, 9.17) is 9.47 Å². The van der Waals surface area contributed by atoms with Gasteiger partial charge in [0.05, 0.1) is 18.1 Å². The molecule has 0 saturated carbocycles. The molecule has 0 N–H and O–H groups in total. The monoisotopic (exact) mass is 329 g/mol. The van der Waals surface area contributed by atoms with Crippen LogP contribution in [0.3, 0.4) is 0 Å². The highest BCUT2D eigenvalue weighted by molar-refractivity contribution is 5.32. The van der Waals surface area contributed by atoms with Crippen LogP contribution in [0.25, 0.3) is 0 Å². The van der Waals surface area contributed by atoms with E-state index in [1.54, 1.807) is 6.20 Å². The van der Waals surface area contributed by atoms with Crippen molar-refractivity contribution in [3.8, 4) is 11.9 Å². The lowest BCUT2D eigenvalue weighted by Crippen LogP contribution is -2.32. The van der Waals surface area contributed by atoms with Crippen molar-refractivity contribution in [2.24, 2.45) is 0 Å². The number of nitrogens with zero attached hydrogens (tertiary/aromatic N) is 3. The van der Waals surface area contributed by atoms with Crippen molar-refractivity contribution in [1.29, 1.82) is 5.26 Å². The molecular formula is C19H27N3O2. The standard InChI is InChI=1S/C19H27N3O2/c20-16-19(7-13-23-14-8-19)17-5-6-18(21-15-17)24-12-4-11-22-9-2-1-3-10-22/h5-6,15H,1-4,7-14H2. The van der Waals surface area contributed by atoms with Gasteiger partial charge in [-0.05, 0) is 50.8 Å². The molecule has 2 aliphatic heterocycles. The predicted octanol–water partition coefficient (Wildman–Crippen LogP) is 2.91. The van der Waals surface area contributed by atoms with E-state index in [1.807, 2.05) is 12.1 Å². The van der Waals surface area contributed by atoms with Gasteiger partial charge in [-0.15, -0.1) is 0 Å². The van der Waals surface area contributed by atoms with Gasteiger partial charge in [0.25, 0.3) is 0 Å². The molecular weight excluding hydrogens is 302 g/mol. The summed E-state index contributed by atoms with van der Waals surface area (Å²) in [4.78, 5) is 6.92. The van der Waals surface area contributed by atoms with Crippen LogP contribution in [-0.2, 0) is 10.2 Å². The van der Waals surface area contributed by atoms with Crippen LogP contribution in [-0.4, -0.2) is 49.3 Å². The van der Waals surface area contributed by atoms with Crippen molar-refractivity contribution in [2.45, 2.75) is 43.9 Å². The van der Waals surface area contributed by atoms with Crippen LogP contribution in [0.15, 0.2) is 18.3 Å². The largest absolute Gasteiger partial charge is 0.478 e. The van der Waals surface area contributed by atoms with Gasteiger partial charge in [0.15, 0.2) is 0 Å². The van der Waals surface area contributed by atoms with Gasteiger partial charge in [-0.2, -0.15) is 5.26 Å². The summed E-state index contributed by atoms with van der Waals surface area (Å²) in [6, 6.07) is 6.36. The third-order valence-electron chi connectivity index (χ3n) is 5.17. The maximum atomic E-state index is 9.59. The summed E-state index contributed by atoms with van der Waals surface area (Å²) in [5.74, 6) is 0.651. The molecule has 3 heterocycles. The van der Waals surface area contributed by atoms with E-state index in [0.717, 1.165) is 31.4 Å². The Morgan fingerprint density at radius 1 is 1.21 bits per heavy atom. The topological polar surface area (TPSA) is 58.4 Å². The van der Waals surface area contributed by atoms with Crippen molar-refractivity contribution in [2.75, 3.05) is 39.5 Å². The lowest BCUT2D eigenvalue weighted by Gasteiger charge is -2.30. The normalized spacial score (nSPS) is 21.1. The van der Waals surface area contributed by atoms with Crippen LogP contribution in [0.1, 0.15) is 44.1 Å². The molecule has 1 aromatic heterocycles. The Morgan fingerprint density at radius 2 is 2.00 bits per heavy atom. The van der Waals surface area contributed by atoms with Crippen molar-refractivity contribution in [3.05, 3.63) is 23.9 Å². The predicted molar refractivity (Wildman–Crippen MR) is 92.0 cm³/mol. The van der Waals surface area contributed by atoms with Crippen LogP contribution in [0.2, 0.25) is 0 Å². The van der Waals surface area contributed by atoms with Crippen LogP contribution in [0.5, 0.6) is 5.88 Å². The molecule has 3 rings (SSSR count). The van der Waals surface area contributed by atoms with Gasteiger partial charge in [-0.3, -0.25) is 0 Å². The number of hydrogen-bond donors (Lipinski definition) is 0. The number of aromatic nitrogens is 1. The maximum Gasteiger partial charge on any atom is 0.213 e. The molecule has 0 aliphatic carbocycles. The number of pyridine rings is 1. The minimum Gasteiger partial charge on any atom is -0.478 e. The minimum atomic E-state index is -0.446. The summed E-state index contributed by atoms with van der Waals surface area (Å²) in [7, 11) is 0. The van der Waals surface area contributed by atoms with Gasteiger partial charge in [-0.1, -0.05) is 12.5 Å². The molecule has 130 valence electrons. The summed E-state index contributed by atoms with van der Waals surface area (Å²) < 4.78 is 11.1. The minimum absolute atomic E-state index is 0.446. The fraction of sp³-hybridized carbons (Fsp3) is 0.684. The molecule has 5 heteroatoms. The van der Waals surface area contributed by atoms with Gasteiger partial charge >= 0.3 is 0 Å². The maximum absolute atomic E-state index is 9.59. The first-order valence-electron chi connectivity index (χ1n) is 9.13. The third-order valence-corrected chi connectivity index (χ3v) is 5.17. The number of nitriles is 1. The summed E-state index contributed by atoms with van der Waals surface area (Å²) in [6.45, 7) is 5.54. The van der Waals surface area contributed by atoms with E-state index in [9.17, 15) is 5.26 Å². The van der Waals surface area contributed by atoms with Crippen molar-refractivity contribution >= 4 is 0 Å². The van der Waals surface area contributed by atoms with Crippen molar-refractivity contribution in [1.82, 2.24) is 9.88 Å². The van der Waals surface area contributed by atoms with Crippen LogP contribution in [0, 0.1) is 11.3 Å². The third kappa shape index (κ3) is 4.25. The number of ether oxygens (including phenoxy) is 2. The molecule has 0 aromatic carbocycles. The molecule has 24 heavy (non-hydrogen) atoms. The Labute approximate surface area is 144 Å². The molecule has 0 radical (unpaired) electrons. The van der Waals surface area contributed by atoms with Gasteiger partial charge in [0.1, 0.15) is 0 Å². The number of hydrogen-bond acceptors (Lipinski definition) is 5. The lowest BCUT2D eigenvalue weighted by atomic mass is 9.76. The smallest absolute Gasteiger partial charge is 0.213 e. The number of rotatable bonds is 6. The molecule has 1 aromatic rings. The highest BCUT2D eigenvalue weighted by Crippen LogP contribution is 2.34. The molecule has 0 amide bonds. The van der Waals surface area contributed by atoms with Crippen molar-refractivity contribution < 1.29 is 9.47 Å². The Hall–Kier alpha value is -1.64. The summed E-state index contributed by atoms with van der Waals surface area (Å²) in [5.41, 5.74) is 0.534. The second-order valence-electron chi connectivity index (χ2n) is 6.80. The number of likely N-dealkylation sites (tertiary alicyclic amines) is 1. The van der Waals surface area contributed by atoms with Crippen LogP contribution < -0.4 is 4.74 Å². The summed E-state index contributed by atoms with van der Waals surface area (Å²) in [5, 5.41) is 9.59. The Bertz CT molecular complexity index is 541. The highest BCUT2D eigenvalue weighted by atomic mass is 16.5. The molecule has 2 aliphatic rings. The van der Waals surface area contributed by atoms with Gasteiger partial charge in [0, 0.05) is 32.0 Å². The zero-order valence-corrected chi connectivity index (χ0v) is 14.4. The first-order chi connectivity index (χ1) is 11.8. The Balaban J connectivity index is 1.46. The second kappa shape index (κ2) is 8.46. The van der Waals surface area contributed by atoms with E-state index in [0.29, 0.717) is 25.7 Å². The summed E-state index contributed by atoms with van der Waals surface area (Å²) in [6.07, 6.45) is 8.34. The molecule has 0 unspecified atom stereocenters. The Morgan fingerprint density at radius 3 is 2.67 bits per heavy atom. The number of piperidine rings is 1. The molecule has 2 fully saturated rings. The lowest BCUT2D eigenvalue weighted by molar-refractivity contribution is 0.0674. The first-order valence-corrected chi connectivity index (χ1v) is 9.13. The van der Waals surface area contributed by atoms with E-state index < -0.39 is 5.41 Å². The van der Waals surface area contributed by atoms with Crippen molar-refractivity contribution in [3.63, 3.8) is 0 Å². The van der Waals surface area contributed by atoms with E-state index in [-0.39, 0.29) is 0 Å². The molecule has 0 bridgehead atoms. The van der Waals surface area contributed by atoms with Crippen LogP contribution >= 0.6 is 0 Å². The molecule has 2 saturated heterocycles. The van der Waals surface area contributed by atoms with E-state index in [2.05, 4.69) is 16.0 Å². The average Bonchev–Trinajstić information content (AvgIpc) is 2.67. The quantitative estimate of drug-likeness (QED) is 0.751. The van der Waals surface area contributed by atoms with Gasteiger partial charge < -0.3 is 14.4 Å². The van der Waals surface area contributed by atoms with Gasteiger partial charge in [-0.25, -0.2) is 4.98 Å². The molecule has 0 atom stereocenters. The fourth-order valence-electron chi connectivity index (χ4n) is 3.58. The zero-order valence-electron chi connectivity index (χ0n) is 14.4. The fourth-order valence-corrected chi connectivity index (χ4v) is 3.58. The SMILES string of the molecule is N#CC1(c2ccc(OCCCN3CCCCC3)nc2)CCOCC1. The Kier molecular flexibility index (Phi) is 6.06. The van der Waals surface area contributed by atoms with Crippen LogP contribution in [0.4, 0.5) is 0 Å². The average molecular weight is 329 g/mol. The first kappa shape index (κ1) is 17.2. The van der Waals surface area contributed by atoms with E-state index in [1.165, 1.54) is 32.4 Å².